The minimum absolute atomic E-state index is 0.139. The van der Waals surface area contributed by atoms with Gasteiger partial charge >= 0.3 is 12.1 Å². The van der Waals surface area contributed by atoms with Crippen molar-refractivity contribution >= 4 is 46.6 Å². The standard InChI is InChI=1S/C33H42N6O9/c1-4-47-33(46)38-14-12-37(13-15-38)32(45)25(18-28(40)41)36-29(42)24-17-27(22-9-8-19(2)16-23(22)35-24)48-20(3)31(44)39-11-10-26(39)30(43)34-21-6-5-7-21/h8-9,16-17,20-21,25-26H,4-7,10-15,18H2,1-3H3,(H,34,43)(H,36,42)(H,40,41)/t20-,25+,26+/m1/s1. The van der Waals surface area contributed by atoms with Crippen molar-refractivity contribution in [2.24, 2.45) is 0 Å². The minimum atomic E-state index is -1.40. The number of benzene rings is 1. The third-order valence-corrected chi connectivity index (χ3v) is 8.97. The molecule has 3 N–H and O–H groups in total. The Labute approximate surface area is 277 Å². The molecule has 48 heavy (non-hydrogen) atoms. The molecule has 3 fully saturated rings. The maximum Gasteiger partial charge on any atom is 0.409 e. The van der Waals surface area contributed by atoms with Gasteiger partial charge in [-0.25, -0.2) is 9.78 Å². The van der Waals surface area contributed by atoms with Crippen LogP contribution in [0.15, 0.2) is 24.3 Å². The van der Waals surface area contributed by atoms with Gasteiger partial charge in [0.1, 0.15) is 23.5 Å². The van der Waals surface area contributed by atoms with Crippen LogP contribution >= 0.6 is 0 Å². The van der Waals surface area contributed by atoms with E-state index in [4.69, 9.17) is 9.47 Å². The topological polar surface area (TPSA) is 188 Å². The third-order valence-electron chi connectivity index (χ3n) is 8.97. The number of aryl methyl sites for hydroxylation is 1. The average Bonchev–Trinajstić information content (AvgIpc) is 3.01. The number of aliphatic carboxylic acids is 1. The van der Waals surface area contributed by atoms with Crippen LogP contribution in [0.1, 0.15) is 62.0 Å². The van der Waals surface area contributed by atoms with Crippen molar-refractivity contribution in [1.29, 1.82) is 0 Å². The molecule has 1 saturated carbocycles. The van der Waals surface area contributed by atoms with Gasteiger partial charge in [0.15, 0.2) is 6.10 Å². The smallest absolute Gasteiger partial charge is 0.409 e. The number of pyridine rings is 1. The number of fused-ring (bicyclic) bond motifs is 1. The molecule has 1 aliphatic carbocycles. The summed E-state index contributed by atoms with van der Waals surface area (Å²) in [6.45, 7) is 6.44. The van der Waals surface area contributed by atoms with E-state index in [0.717, 1.165) is 24.8 Å². The van der Waals surface area contributed by atoms with Gasteiger partial charge in [-0.15, -0.1) is 0 Å². The van der Waals surface area contributed by atoms with Crippen LogP contribution in [0.2, 0.25) is 0 Å². The van der Waals surface area contributed by atoms with E-state index in [1.165, 1.54) is 20.8 Å². The molecule has 3 aliphatic rings. The highest BCUT2D eigenvalue weighted by atomic mass is 16.6. The Morgan fingerprint density at radius 3 is 2.29 bits per heavy atom. The highest BCUT2D eigenvalue weighted by Crippen LogP contribution is 2.29. The molecule has 5 rings (SSSR count). The highest BCUT2D eigenvalue weighted by molar-refractivity contribution is 6.00. The highest BCUT2D eigenvalue weighted by Gasteiger charge is 2.41. The van der Waals surface area contributed by atoms with E-state index in [9.17, 15) is 33.9 Å². The van der Waals surface area contributed by atoms with E-state index in [2.05, 4.69) is 15.6 Å². The Bertz CT molecular complexity index is 1590. The fraction of sp³-hybridized carbons (Fsp3) is 0.545. The maximum atomic E-state index is 13.6. The van der Waals surface area contributed by atoms with Crippen molar-refractivity contribution in [2.45, 2.75) is 77.1 Å². The second kappa shape index (κ2) is 14.9. The van der Waals surface area contributed by atoms with E-state index in [-0.39, 0.29) is 62.1 Å². The Kier molecular flexibility index (Phi) is 10.6. The van der Waals surface area contributed by atoms with Crippen molar-refractivity contribution < 1.29 is 43.3 Å². The van der Waals surface area contributed by atoms with E-state index in [1.807, 2.05) is 13.0 Å². The number of likely N-dealkylation sites (tertiary alicyclic amines) is 1. The number of carbonyl (C=O) groups is 6. The van der Waals surface area contributed by atoms with Gasteiger partial charge in [-0.3, -0.25) is 24.0 Å². The van der Waals surface area contributed by atoms with Crippen LogP contribution in [0.3, 0.4) is 0 Å². The van der Waals surface area contributed by atoms with Gasteiger partial charge in [-0.1, -0.05) is 6.07 Å². The molecule has 0 unspecified atom stereocenters. The molecule has 1 aromatic heterocycles. The molecule has 1 aromatic carbocycles. The van der Waals surface area contributed by atoms with Crippen LogP contribution in [0.25, 0.3) is 10.9 Å². The van der Waals surface area contributed by atoms with Crippen LogP contribution in [-0.2, 0) is 23.9 Å². The lowest BCUT2D eigenvalue weighted by Crippen LogP contribution is -2.62. The molecule has 3 heterocycles. The molecule has 0 spiro atoms. The quantitative estimate of drug-likeness (QED) is 0.317. The monoisotopic (exact) mass is 666 g/mol. The van der Waals surface area contributed by atoms with E-state index < -0.39 is 48.5 Å². The Morgan fingerprint density at radius 1 is 0.979 bits per heavy atom. The molecule has 2 aromatic rings. The first-order chi connectivity index (χ1) is 22.9. The summed E-state index contributed by atoms with van der Waals surface area (Å²) in [4.78, 5) is 85.7. The summed E-state index contributed by atoms with van der Waals surface area (Å²) in [7, 11) is 0. The summed E-state index contributed by atoms with van der Waals surface area (Å²) in [5.74, 6) is -3.04. The van der Waals surface area contributed by atoms with E-state index in [1.54, 1.807) is 26.0 Å². The third kappa shape index (κ3) is 7.77. The van der Waals surface area contributed by atoms with Gasteiger partial charge in [0.25, 0.3) is 11.8 Å². The first-order valence-electron chi connectivity index (χ1n) is 16.4. The lowest BCUT2D eigenvalue weighted by Gasteiger charge is -2.42. The first-order valence-corrected chi connectivity index (χ1v) is 16.4. The number of carboxylic acids is 1. The van der Waals surface area contributed by atoms with Crippen LogP contribution in [0.4, 0.5) is 4.79 Å². The second-order valence-corrected chi connectivity index (χ2v) is 12.4. The van der Waals surface area contributed by atoms with Crippen LogP contribution in [0.5, 0.6) is 5.75 Å². The number of carbonyl (C=O) groups excluding carboxylic acids is 5. The molecule has 2 saturated heterocycles. The van der Waals surface area contributed by atoms with Gasteiger partial charge in [-0.2, -0.15) is 0 Å². The molecule has 0 radical (unpaired) electrons. The molecule has 2 aliphatic heterocycles. The minimum Gasteiger partial charge on any atom is -0.481 e. The van der Waals surface area contributed by atoms with Gasteiger partial charge in [-0.05, 0) is 64.2 Å². The molecule has 258 valence electrons. The molecular weight excluding hydrogens is 624 g/mol. The normalized spacial score (nSPS) is 19.0. The number of ether oxygens (including phenoxy) is 2. The molecule has 15 nitrogen and oxygen atoms in total. The number of carboxylic acid groups (broad SMARTS) is 1. The zero-order valence-corrected chi connectivity index (χ0v) is 27.4. The van der Waals surface area contributed by atoms with Crippen molar-refractivity contribution in [3.05, 3.63) is 35.5 Å². The predicted octanol–water partition coefficient (Wildman–Crippen LogP) is 1.45. The molecule has 15 heteroatoms. The van der Waals surface area contributed by atoms with Crippen molar-refractivity contribution in [2.75, 3.05) is 39.3 Å². The number of piperazine rings is 1. The number of hydrogen-bond acceptors (Lipinski definition) is 9. The van der Waals surface area contributed by atoms with Gasteiger partial charge in [0, 0.05) is 50.2 Å². The van der Waals surface area contributed by atoms with E-state index in [0.29, 0.717) is 23.9 Å². The zero-order valence-electron chi connectivity index (χ0n) is 27.4. The van der Waals surface area contributed by atoms with Crippen LogP contribution in [0, 0.1) is 6.92 Å². The lowest BCUT2D eigenvalue weighted by molar-refractivity contribution is -0.152. The SMILES string of the molecule is CCOC(=O)N1CCN(C(=O)[C@H](CC(=O)O)NC(=O)c2cc(O[C@H](C)C(=O)N3CC[C@H]3C(=O)NC3CCC3)c3ccc(C)cc3n2)CC1. The van der Waals surface area contributed by atoms with Crippen LogP contribution < -0.4 is 15.4 Å². The Balaban J connectivity index is 1.30. The van der Waals surface area contributed by atoms with E-state index >= 15 is 0 Å². The van der Waals surface area contributed by atoms with Crippen molar-refractivity contribution in [3.8, 4) is 5.75 Å². The summed E-state index contributed by atoms with van der Waals surface area (Å²) in [5, 5.41) is 15.6. The number of nitrogens with zero attached hydrogens (tertiary/aromatic N) is 4. The number of hydrogen-bond donors (Lipinski definition) is 3. The van der Waals surface area contributed by atoms with Gasteiger partial charge < -0.3 is 39.9 Å². The van der Waals surface area contributed by atoms with Crippen molar-refractivity contribution in [3.63, 3.8) is 0 Å². The largest absolute Gasteiger partial charge is 0.481 e. The first kappa shape index (κ1) is 34.4. The van der Waals surface area contributed by atoms with Crippen molar-refractivity contribution in [1.82, 2.24) is 30.3 Å². The number of aromatic nitrogens is 1. The molecule has 5 amide bonds. The summed E-state index contributed by atoms with van der Waals surface area (Å²) in [6.07, 6.45) is 1.36. The second-order valence-electron chi connectivity index (χ2n) is 12.4. The average molecular weight is 667 g/mol. The summed E-state index contributed by atoms with van der Waals surface area (Å²) >= 11 is 0. The molecule has 3 atom stereocenters. The Hall–Kier alpha value is -4.95. The fourth-order valence-electron chi connectivity index (χ4n) is 5.92. The van der Waals surface area contributed by atoms with Gasteiger partial charge in [0.05, 0.1) is 18.5 Å². The maximum absolute atomic E-state index is 13.6. The number of amides is 5. The zero-order chi connectivity index (χ0) is 34.5. The van der Waals surface area contributed by atoms with Crippen LogP contribution in [-0.4, -0.2) is 124 Å². The summed E-state index contributed by atoms with van der Waals surface area (Å²) < 4.78 is 11.1. The predicted molar refractivity (Wildman–Crippen MR) is 171 cm³/mol. The molecule has 0 bridgehead atoms. The fourth-order valence-corrected chi connectivity index (χ4v) is 5.92. The Morgan fingerprint density at radius 2 is 1.69 bits per heavy atom. The summed E-state index contributed by atoms with van der Waals surface area (Å²) in [6, 6.07) is 4.89. The number of rotatable bonds is 11. The molecular formula is C33H42N6O9. The number of nitrogens with one attached hydrogen (secondary N) is 2. The van der Waals surface area contributed by atoms with Gasteiger partial charge in [0.2, 0.25) is 11.8 Å². The summed E-state index contributed by atoms with van der Waals surface area (Å²) in [5.41, 5.74) is 1.11. The lowest BCUT2D eigenvalue weighted by atomic mass is 9.92.